The molecule has 112 valence electrons. The van der Waals surface area contributed by atoms with Gasteiger partial charge in [-0.05, 0) is 37.0 Å². The molecular weight excluding hydrogens is 280 g/mol. The number of aromatic nitrogens is 2. The molecule has 0 atom stereocenters. The first-order chi connectivity index (χ1) is 10.9. The summed E-state index contributed by atoms with van der Waals surface area (Å²) in [4.78, 5) is 0. The highest BCUT2D eigenvalue weighted by Crippen LogP contribution is 2.49. The first-order valence-corrected chi connectivity index (χ1v) is 7.53. The van der Waals surface area contributed by atoms with Gasteiger partial charge in [-0.1, -0.05) is 6.07 Å². The Morgan fingerprint density at radius 1 is 1.09 bits per heavy atom. The van der Waals surface area contributed by atoms with E-state index in [0.29, 0.717) is 6.79 Å². The average Bonchev–Trinajstić information content (AvgIpc) is 3.13. The molecule has 1 N–H and O–H groups in total. The minimum absolute atomic E-state index is 0.0347. The van der Waals surface area contributed by atoms with Gasteiger partial charge < -0.3 is 9.47 Å². The Bertz CT molecular complexity index is 763. The lowest BCUT2D eigenvalue weighted by Gasteiger charge is -2.51. The van der Waals surface area contributed by atoms with Gasteiger partial charge in [0, 0.05) is 18.5 Å². The number of hydrogen-bond acceptors (Lipinski definition) is 5. The van der Waals surface area contributed by atoms with E-state index in [4.69, 9.17) is 9.47 Å². The molecule has 0 radical (unpaired) electrons. The zero-order valence-electron chi connectivity index (χ0n) is 12.0. The van der Waals surface area contributed by atoms with Gasteiger partial charge in [-0.2, -0.15) is 5.10 Å². The minimum Gasteiger partial charge on any atom is -0.454 e. The van der Waals surface area contributed by atoms with Gasteiger partial charge >= 0.3 is 0 Å². The van der Waals surface area contributed by atoms with Gasteiger partial charge in [0.1, 0.15) is 5.82 Å². The molecule has 1 aromatic heterocycles. The molecule has 0 amide bonds. The first-order valence-electron chi connectivity index (χ1n) is 7.53. The molecule has 1 aliphatic carbocycles. The van der Waals surface area contributed by atoms with Gasteiger partial charge in [0.25, 0.3) is 0 Å². The maximum Gasteiger partial charge on any atom is 0.231 e. The standard InChI is InChI=1S/C16H16N4O2/c1-5-16(6-1,12-2-3-13-14(10-12)22-11-21-13)20-9-8-19-15(18-20)4-7-17-19/h2-4,7-10,18H,1,5-6,11H2. The lowest BCUT2D eigenvalue weighted by molar-refractivity contribution is 0.0730. The van der Waals surface area contributed by atoms with Crippen molar-refractivity contribution in [2.45, 2.75) is 24.8 Å². The van der Waals surface area contributed by atoms with Crippen LogP contribution in [0, 0.1) is 0 Å². The normalized spacial score (nSPS) is 20.3. The Kier molecular flexibility index (Phi) is 2.28. The highest BCUT2D eigenvalue weighted by molar-refractivity contribution is 5.50. The van der Waals surface area contributed by atoms with Gasteiger partial charge in [-0.15, -0.1) is 0 Å². The number of ether oxygens (including phenoxy) is 2. The van der Waals surface area contributed by atoms with Gasteiger partial charge in [-0.25, -0.2) is 4.68 Å². The van der Waals surface area contributed by atoms with Crippen molar-refractivity contribution in [2.75, 3.05) is 12.2 Å². The molecule has 2 aliphatic heterocycles. The maximum atomic E-state index is 5.54. The summed E-state index contributed by atoms with van der Waals surface area (Å²) in [7, 11) is 0. The van der Waals surface area contributed by atoms with Crippen molar-refractivity contribution in [3.05, 3.63) is 42.2 Å². The van der Waals surface area contributed by atoms with Crippen LogP contribution < -0.4 is 14.9 Å². The Balaban J connectivity index is 1.53. The smallest absolute Gasteiger partial charge is 0.231 e. The quantitative estimate of drug-likeness (QED) is 0.923. The summed E-state index contributed by atoms with van der Waals surface area (Å²) in [5, 5.41) is 6.44. The summed E-state index contributed by atoms with van der Waals surface area (Å²) >= 11 is 0. The zero-order chi connectivity index (χ0) is 14.6. The fraction of sp³-hybridized carbons (Fsp3) is 0.312. The van der Waals surface area contributed by atoms with E-state index in [1.807, 2.05) is 23.0 Å². The van der Waals surface area contributed by atoms with Crippen LogP contribution in [0.2, 0.25) is 0 Å². The number of fused-ring (bicyclic) bond motifs is 2. The Morgan fingerprint density at radius 2 is 2.00 bits per heavy atom. The minimum atomic E-state index is -0.0347. The van der Waals surface area contributed by atoms with Crippen LogP contribution in [0.4, 0.5) is 5.82 Å². The van der Waals surface area contributed by atoms with Crippen LogP contribution in [0.3, 0.4) is 0 Å². The van der Waals surface area contributed by atoms with Crippen LogP contribution >= 0.6 is 0 Å². The van der Waals surface area contributed by atoms with E-state index in [0.717, 1.165) is 30.2 Å². The molecule has 0 spiro atoms. The monoisotopic (exact) mass is 296 g/mol. The van der Waals surface area contributed by atoms with Gasteiger partial charge in [-0.3, -0.25) is 10.4 Å². The van der Waals surface area contributed by atoms with Crippen LogP contribution in [-0.2, 0) is 5.54 Å². The molecule has 1 fully saturated rings. The number of benzene rings is 1. The molecule has 5 rings (SSSR count). The van der Waals surface area contributed by atoms with Crippen molar-refractivity contribution in [3.8, 4) is 11.5 Å². The lowest BCUT2D eigenvalue weighted by Crippen LogP contribution is -2.52. The van der Waals surface area contributed by atoms with Crippen LogP contribution in [0.15, 0.2) is 36.7 Å². The predicted octanol–water partition coefficient (Wildman–Crippen LogP) is 2.76. The molecule has 0 unspecified atom stereocenters. The molecule has 1 aromatic carbocycles. The van der Waals surface area contributed by atoms with Gasteiger partial charge in [0.05, 0.1) is 11.7 Å². The number of hydrazine groups is 1. The molecule has 0 bridgehead atoms. The van der Waals surface area contributed by atoms with Crippen molar-refractivity contribution in [3.63, 3.8) is 0 Å². The van der Waals surface area contributed by atoms with Crippen LogP contribution in [0.25, 0.3) is 6.20 Å². The Labute approximate surface area is 127 Å². The van der Waals surface area contributed by atoms with Crippen LogP contribution in [0.1, 0.15) is 24.8 Å². The molecule has 22 heavy (non-hydrogen) atoms. The number of nitrogens with one attached hydrogen (secondary N) is 1. The van der Waals surface area contributed by atoms with Crippen molar-refractivity contribution in [1.82, 2.24) is 14.8 Å². The highest BCUT2D eigenvalue weighted by Gasteiger charge is 2.45. The van der Waals surface area contributed by atoms with E-state index in [1.165, 1.54) is 12.0 Å². The predicted molar refractivity (Wildman–Crippen MR) is 81.1 cm³/mol. The number of nitrogens with zero attached hydrogens (tertiary/aromatic N) is 3. The molecule has 6 heteroatoms. The fourth-order valence-corrected chi connectivity index (χ4v) is 3.43. The summed E-state index contributed by atoms with van der Waals surface area (Å²) in [6.45, 7) is 0.312. The second kappa shape index (κ2) is 4.19. The fourth-order valence-electron chi connectivity index (χ4n) is 3.43. The summed E-state index contributed by atoms with van der Waals surface area (Å²) in [6.07, 6.45) is 9.28. The van der Waals surface area contributed by atoms with Crippen molar-refractivity contribution < 1.29 is 9.47 Å². The lowest BCUT2D eigenvalue weighted by atomic mass is 9.71. The zero-order valence-corrected chi connectivity index (χ0v) is 12.0. The van der Waals surface area contributed by atoms with E-state index >= 15 is 0 Å². The summed E-state index contributed by atoms with van der Waals surface area (Å²) < 4.78 is 12.8. The van der Waals surface area contributed by atoms with E-state index in [1.54, 1.807) is 6.20 Å². The molecule has 3 heterocycles. The SMILES string of the molecule is C1=Cn2nccc2NN1C1(c2ccc3c(c2)OCO3)CCC1. The number of hydrogen-bond donors (Lipinski definition) is 1. The molecular formula is C16H16N4O2. The third kappa shape index (κ3) is 1.52. The third-order valence-corrected chi connectivity index (χ3v) is 4.81. The highest BCUT2D eigenvalue weighted by atomic mass is 16.7. The number of anilines is 1. The summed E-state index contributed by atoms with van der Waals surface area (Å²) in [5.74, 6) is 2.66. The van der Waals surface area contributed by atoms with E-state index in [2.05, 4.69) is 33.9 Å². The molecule has 2 aromatic rings. The topological polar surface area (TPSA) is 51.6 Å². The Morgan fingerprint density at radius 3 is 2.86 bits per heavy atom. The van der Waals surface area contributed by atoms with E-state index in [-0.39, 0.29) is 5.54 Å². The van der Waals surface area contributed by atoms with E-state index in [9.17, 15) is 0 Å². The van der Waals surface area contributed by atoms with Crippen LogP contribution in [0.5, 0.6) is 11.5 Å². The van der Waals surface area contributed by atoms with Crippen molar-refractivity contribution in [1.29, 1.82) is 0 Å². The largest absolute Gasteiger partial charge is 0.454 e. The van der Waals surface area contributed by atoms with E-state index < -0.39 is 0 Å². The maximum absolute atomic E-state index is 5.54. The van der Waals surface area contributed by atoms with Crippen LogP contribution in [-0.4, -0.2) is 21.6 Å². The second-order valence-electron chi connectivity index (χ2n) is 5.89. The average molecular weight is 296 g/mol. The third-order valence-electron chi connectivity index (χ3n) is 4.81. The van der Waals surface area contributed by atoms with Gasteiger partial charge in [0.2, 0.25) is 6.79 Å². The van der Waals surface area contributed by atoms with Crippen molar-refractivity contribution >= 4 is 12.0 Å². The summed E-state index contributed by atoms with van der Waals surface area (Å²) in [5.41, 5.74) is 4.68. The molecule has 6 nitrogen and oxygen atoms in total. The van der Waals surface area contributed by atoms with Gasteiger partial charge in [0.15, 0.2) is 11.5 Å². The molecule has 0 saturated heterocycles. The van der Waals surface area contributed by atoms with Crippen molar-refractivity contribution in [2.24, 2.45) is 0 Å². The summed E-state index contributed by atoms with van der Waals surface area (Å²) in [6, 6.07) is 8.25. The molecule has 1 saturated carbocycles. The second-order valence-corrected chi connectivity index (χ2v) is 5.89. The first kappa shape index (κ1) is 12.0. The molecule has 3 aliphatic rings. The number of rotatable bonds is 2. The Hall–Kier alpha value is -2.63.